The van der Waals surface area contributed by atoms with Gasteiger partial charge in [-0.05, 0) is 37.0 Å². The van der Waals surface area contributed by atoms with E-state index in [0.717, 1.165) is 17.7 Å². The third kappa shape index (κ3) is 2.35. The van der Waals surface area contributed by atoms with Crippen LogP contribution in [0.3, 0.4) is 0 Å². The maximum Gasteiger partial charge on any atom is 0.142 e. The average Bonchev–Trinajstić information content (AvgIpc) is 3.11. The Bertz CT molecular complexity index is 409. The van der Waals surface area contributed by atoms with Gasteiger partial charge >= 0.3 is 0 Å². The molecule has 1 saturated carbocycles. The summed E-state index contributed by atoms with van der Waals surface area (Å²) in [6.07, 6.45) is 5.28. The number of hydrogen-bond donors (Lipinski definition) is 1. The molecule has 1 fully saturated rings. The zero-order valence-electron chi connectivity index (χ0n) is 9.86. The largest absolute Gasteiger partial charge is 0.495 e. The number of nitrogen functional groups attached to an aromatic ring is 1. The zero-order chi connectivity index (χ0) is 11.5. The lowest BCUT2D eigenvalue weighted by atomic mass is 10.1. The molecule has 0 heterocycles. The molecule has 16 heavy (non-hydrogen) atoms. The Hall–Kier alpha value is -1.51. The predicted molar refractivity (Wildman–Crippen MR) is 67.4 cm³/mol. The van der Waals surface area contributed by atoms with Gasteiger partial charge in [-0.3, -0.25) is 4.99 Å². The summed E-state index contributed by atoms with van der Waals surface area (Å²) in [5.41, 5.74) is 8.89. The Morgan fingerprint density at radius 1 is 1.50 bits per heavy atom. The molecule has 0 spiro atoms. The highest BCUT2D eigenvalue weighted by atomic mass is 16.5. The van der Waals surface area contributed by atoms with Crippen molar-refractivity contribution in [1.29, 1.82) is 0 Å². The summed E-state index contributed by atoms with van der Waals surface area (Å²) < 4.78 is 5.26. The minimum Gasteiger partial charge on any atom is -0.495 e. The summed E-state index contributed by atoms with van der Waals surface area (Å²) in [6, 6.07) is 4.60. The van der Waals surface area contributed by atoms with Crippen LogP contribution in [0.1, 0.15) is 30.9 Å². The van der Waals surface area contributed by atoms with Gasteiger partial charge < -0.3 is 10.5 Å². The van der Waals surface area contributed by atoms with Crippen molar-refractivity contribution in [3.63, 3.8) is 0 Å². The molecule has 1 aliphatic carbocycles. The summed E-state index contributed by atoms with van der Waals surface area (Å²) >= 11 is 0. The normalized spacial score (nSPS) is 15.6. The van der Waals surface area contributed by atoms with Crippen LogP contribution in [-0.4, -0.2) is 19.4 Å². The first kappa shape index (κ1) is 11.0. The summed E-state index contributed by atoms with van der Waals surface area (Å²) in [7, 11) is 1.65. The Labute approximate surface area is 96.3 Å². The first-order valence-corrected chi connectivity index (χ1v) is 5.74. The van der Waals surface area contributed by atoms with E-state index < -0.39 is 0 Å². The number of methoxy groups -OCH3 is 1. The fourth-order valence-electron chi connectivity index (χ4n) is 1.60. The van der Waals surface area contributed by atoms with Gasteiger partial charge in [0, 0.05) is 11.8 Å². The number of aliphatic imine (C=N–C) groups is 1. The van der Waals surface area contributed by atoms with E-state index in [-0.39, 0.29) is 0 Å². The van der Waals surface area contributed by atoms with E-state index in [1.165, 1.54) is 18.4 Å². The summed E-state index contributed by atoms with van der Waals surface area (Å²) in [5.74, 6) is 0.747. The van der Waals surface area contributed by atoms with Crippen molar-refractivity contribution >= 4 is 11.9 Å². The molecular formula is C13H18N2O. The molecule has 86 valence electrons. The van der Waals surface area contributed by atoms with Crippen LogP contribution in [0, 0.1) is 0 Å². The van der Waals surface area contributed by atoms with Gasteiger partial charge in [-0.15, -0.1) is 0 Å². The second kappa shape index (κ2) is 4.56. The lowest BCUT2D eigenvalue weighted by Crippen LogP contribution is -2.00. The summed E-state index contributed by atoms with van der Waals surface area (Å²) in [6.45, 7) is 2.12. The number of benzene rings is 1. The van der Waals surface area contributed by atoms with E-state index in [9.17, 15) is 0 Å². The molecule has 1 aromatic carbocycles. The van der Waals surface area contributed by atoms with Gasteiger partial charge in [-0.1, -0.05) is 6.92 Å². The maximum absolute atomic E-state index is 6.01. The molecule has 0 radical (unpaired) electrons. The lowest BCUT2D eigenvalue weighted by molar-refractivity contribution is 0.416. The van der Waals surface area contributed by atoms with Crippen LogP contribution in [-0.2, 0) is 6.42 Å². The molecule has 0 amide bonds. The topological polar surface area (TPSA) is 47.6 Å². The molecule has 0 atom stereocenters. The number of aryl methyl sites for hydroxylation is 1. The van der Waals surface area contributed by atoms with Gasteiger partial charge in [0.05, 0.1) is 18.8 Å². The van der Waals surface area contributed by atoms with Crippen LogP contribution >= 0.6 is 0 Å². The number of anilines is 1. The van der Waals surface area contributed by atoms with Crippen LogP contribution in [0.5, 0.6) is 5.75 Å². The van der Waals surface area contributed by atoms with Crippen LogP contribution in [0.2, 0.25) is 0 Å². The fourth-order valence-corrected chi connectivity index (χ4v) is 1.60. The van der Waals surface area contributed by atoms with Crippen molar-refractivity contribution in [3.8, 4) is 5.75 Å². The van der Waals surface area contributed by atoms with Crippen molar-refractivity contribution in [3.05, 3.63) is 23.3 Å². The lowest BCUT2D eigenvalue weighted by Gasteiger charge is -2.09. The number of hydrogen-bond acceptors (Lipinski definition) is 3. The smallest absolute Gasteiger partial charge is 0.142 e. The number of rotatable bonds is 4. The first-order valence-electron chi connectivity index (χ1n) is 5.74. The Balaban J connectivity index is 2.32. The molecule has 0 unspecified atom stereocenters. The van der Waals surface area contributed by atoms with Crippen molar-refractivity contribution in [2.45, 2.75) is 32.2 Å². The van der Waals surface area contributed by atoms with Crippen molar-refractivity contribution < 1.29 is 4.74 Å². The van der Waals surface area contributed by atoms with E-state index in [2.05, 4.69) is 18.0 Å². The van der Waals surface area contributed by atoms with Crippen LogP contribution in [0.15, 0.2) is 17.1 Å². The molecular weight excluding hydrogens is 200 g/mol. The quantitative estimate of drug-likeness (QED) is 0.623. The molecule has 0 saturated heterocycles. The van der Waals surface area contributed by atoms with E-state index in [1.807, 2.05) is 12.3 Å². The SMILES string of the molecule is CCc1cc(C=NC2CC2)c(N)c(OC)c1. The third-order valence-electron chi connectivity index (χ3n) is 2.83. The summed E-state index contributed by atoms with van der Waals surface area (Å²) in [5, 5.41) is 0. The van der Waals surface area contributed by atoms with E-state index in [4.69, 9.17) is 10.5 Å². The monoisotopic (exact) mass is 218 g/mol. The highest BCUT2D eigenvalue weighted by Gasteiger charge is 2.19. The van der Waals surface area contributed by atoms with Crippen molar-refractivity contribution in [2.24, 2.45) is 4.99 Å². The van der Waals surface area contributed by atoms with Gasteiger partial charge in [0.1, 0.15) is 5.75 Å². The highest BCUT2D eigenvalue weighted by molar-refractivity contribution is 5.89. The minimum atomic E-state index is 0.524. The van der Waals surface area contributed by atoms with Gasteiger partial charge in [0.15, 0.2) is 0 Å². The molecule has 0 aromatic heterocycles. The summed E-state index contributed by atoms with van der Waals surface area (Å²) in [4.78, 5) is 4.46. The van der Waals surface area contributed by atoms with Crippen LogP contribution in [0.4, 0.5) is 5.69 Å². The van der Waals surface area contributed by atoms with Gasteiger partial charge in [0.25, 0.3) is 0 Å². The minimum absolute atomic E-state index is 0.524. The van der Waals surface area contributed by atoms with E-state index in [1.54, 1.807) is 7.11 Å². The average molecular weight is 218 g/mol. The van der Waals surface area contributed by atoms with Crippen LogP contribution < -0.4 is 10.5 Å². The van der Waals surface area contributed by atoms with Crippen molar-refractivity contribution in [2.75, 3.05) is 12.8 Å². The molecule has 2 rings (SSSR count). The standard InChI is InChI=1S/C13H18N2O/c1-3-9-6-10(8-15-11-4-5-11)13(14)12(7-9)16-2/h6-8,11H,3-5,14H2,1-2H3. The molecule has 1 aliphatic rings. The molecule has 0 bridgehead atoms. The zero-order valence-corrected chi connectivity index (χ0v) is 9.86. The van der Waals surface area contributed by atoms with Gasteiger partial charge in [0.2, 0.25) is 0 Å². The van der Waals surface area contributed by atoms with Crippen LogP contribution in [0.25, 0.3) is 0 Å². The second-order valence-electron chi connectivity index (χ2n) is 4.16. The van der Waals surface area contributed by atoms with Crippen molar-refractivity contribution in [1.82, 2.24) is 0 Å². The highest BCUT2D eigenvalue weighted by Crippen LogP contribution is 2.28. The molecule has 3 heteroatoms. The fraction of sp³-hybridized carbons (Fsp3) is 0.462. The third-order valence-corrected chi connectivity index (χ3v) is 2.83. The number of nitrogens with zero attached hydrogens (tertiary/aromatic N) is 1. The number of nitrogens with two attached hydrogens (primary N) is 1. The second-order valence-corrected chi connectivity index (χ2v) is 4.16. The molecule has 1 aromatic rings. The van der Waals surface area contributed by atoms with E-state index >= 15 is 0 Å². The van der Waals surface area contributed by atoms with E-state index in [0.29, 0.717) is 11.7 Å². The first-order chi connectivity index (χ1) is 7.74. The Kier molecular flexibility index (Phi) is 3.13. The molecule has 0 aliphatic heterocycles. The Morgan fingerprint density at radius 3 is 2.81 bits per heavy atom. The number of ether oxygens (including phenoxy) is 1. The molecule has 2 N–H and O–H groups in total. The predicted octanol–water partition coefficient (Wildman–Crippen LogP) is 2.42. The maximum atomic E-state index is 6.01. The van der Waals surface area contributed by atoms with Gasteiger partial charge in [-0.2, -0.15) is 0 Å². The Morgan fingerprint density at radius 2 is 2.25 bits per heavy atom. The van der Waals surface area contributed by atoms with Gasteiger partial charge in [-0.25, -0.2) is 0 Å². The molecule has 3 nitrogen and oxygen atoms in total.